The van der Waals surface area contributed by atoms with E-state index in [1.165, 1.54) is 18.1 Å². The number of halogens is 1. The predicted molar refractivity (Wildman–Crippen MR) is 77.4 cm³/mol. The van der Waals surface area contributed by atoms with Gasteiger partial charge in [0.05, 0.1) is 7.11 Å². The van der Waals surface area contributed by atoms with Crippen LogP contribution in [0.4, 0.5) is 4.39 Å². The van der Waals surface area contributed by atoms with Gasteiger partial charge in [0.15, 0.2) is 11.6 Å². The first-order valence-corrected chi connectivity index (χ1v) is 7.18. The second kappa shape index (κ2) is 6.68. The van der Waals surface area contributed by atoms with E-state index in [1.807, 2.05) is 13.0 Å². The van der Waals surface area contributed by atoms with Gasteiger partial charge >= 0.3 is 0 Å². The maximum absolute atomic E-state index is 13.6. The number of hydrogen-bond donors (Lipinski definition) is 1. The van der Waals surface area contributed by atoms with Crippen molar-refractivity contribution in [3.05, 3.63) is 52.0 Å². The molecule has 1 heterocycles. The Morgan fingerprint density at radius 2 is 2.21 bits per heavy atom. The van der Waals surface area contributed by atoms with Gasteiger partial charge in [-0.05, 0) is 42.5 Å². The van der Waals surface area contributed by atoms with Crippen LogP contribution in [0.3, 0.4) is 0 Å². The molecule has 2 rings (SSSR count). The van der Waals surface area contributed by atoms with Gasteiger partial charge in [-0.15, -0.1) is 11.3 Å². The van der Waals surface area contributed by atoms with Crippen molar-refractivity contribution in [1.29, 1.82) is 0 Å². The standard InChI is InChI=1S/C15H18FNOS/c1-11(17-8-7-13-4-3-9-19-13)12-5-6-15(18-2)14(16)10-12/h3-6,9-11,17H,7-8H2,1-2H3. The Kier molecular flexibility index (Phi) is 4.93. The first kappa shape index (κ1) is 14.0. The number of rotatable bonds is 6. The predicted octanol–water partition coefficient (Wildman–Crippen LogP) is 3.79. The first-order chi connectivity index (χ1) is 9.20. The van der Waals surface area contributed by atoms with E-state index in [2.05, 4.69) is 22.8 Å². The van der Waals surface area contributed by atoms with E-state index in [0.29, 0.717) is 0 Å². The summed E-state index contributed by atoms with van der Waals surface area (Å²) in [7, 11) is 1.47. The van der Waals surface area contributed by atoms with Crippen LogP contribution in [0.15, 0.2) is 35.7 Å². The summed E-state index contributed by atoms with van der Waals surface area (Å²) in [5, 5.41) is 5.48. The highest BCUT2D eigenvalue weighted by Gasteiger charge is 2.09. The van der Waals surface area contributed by atoms with E-state index in [0.717, 1.165) is 18.5 Å². The average molecular weight is 279 g/mol. The molecule has 4 heteroatoms. The van der Waals surface area contributed by atoms with Gasteiger partial charge in [0.25, 0.3) is 0 Å². The number of methoxy groups -OCH3 is 1. The van der Waals surface area contributed by atoms with Crippen molar-refractivity contribution in [1.82, 2.24) is 5.32 Å². The fraction of sp³-hybridized carbons (Fsp3) is 0.333. The summed E-state index contributed by atoms with van der Waals surface area (Å²) in [6, 6.07) is 9.40. The summed E-state index contributed by atoms with van der Waals surface area (Å²) in [6.07, 6.45) is 1.00. The Labute approximate surface area is 117 Å². The van der Waals surface area contributed by atoms with Gasteiger partial charge in [0.1, 0.15) is 0 Å². The minimum Gasteiger partial charge on any atom is -0.494 e. The second-order valence-corrected chi connectivity index (χ2v) is 5.43. The molecule has 1 aromatic carbocycles. The fourth-order valence-corrected chi connectivity index (χ4v) is 2.65. The lowest BCUT2D eigenvalue weighted by atomic mass is 10.1. The van der Waals surface area contributed by atoms with Crippen molar-refractivity contribution in [3.8, 4) is 5.75 Å². The van der Waals surface area contributed by atoms with Gasteiger partial charge in [-0.1, -0.05) is 12.1 Å². The number of thiophene rings is 1. The van der Waals surface area contributed by atoms with E-state index in [1.54, 1.807) is 17.4 Å². The molecule has 19 heavy (non-hydrogen) atoms. The third-order valence-corrected chi connectivity index (χ3v) is 4.01. The summed E-state index contributed by atoms with van der Waals surface area (Å²) in [6.45, 7) is 2.92. The average Bonchev–Trinajstić information content (AvgIpc) is 2.91. The molecule has 0 fully saturated rings. The molecule has 0 spiro atoms. The van der Waals surface area contributed by atoms with Gasteiger partial charge in [0, 0.05) is 17.5 Å². The zero-order chi connectivity index (χ0) is 13.7. The number of hydrogen-bond acceptors (Lipinski definition) is 3. The molecule has 1 atom stereocenters. The monoisotopic (exact) mass is 279 g/mol. The third kappa shape index (κ3) is 3.78. The molecule has 0 bridgehead atoms. The summed E-state index contributed by atoms with van der Waals surface area (Å²) < 4.78 is 18.5. The number of ether oxygens (including phenoxy) is 1. The van der Waals surface area contributed by atoms with E-state index in [4.69, 9.17) is 4.74 Å². The molecular weight excluding hydrogens is 261 g/mol. The van der Waals surface area contributed by atoms with E-state index < -0.39 is 0 Å². The fourth-order valence-electron chi connectivity index (χ4n) is 1.94. The summed E-state index contributed by atoms with van der Waals surface area (Å²) in [4.78, 5) is 1.36. The van der Waals surface area contributed by atoms with Crippen molar-refractivity contribution >= 4 is 11.3 Å². The molecule has 0 saturated heterocycles. The molecular formula is C15H18FNOS. The van der Waals surface area contributed by atoms with Crippen molar-refractivity contribution in [2.75, 3.05) is 13.7 Å². The van der Waals surface area contributed by atoms with Gasteiger partial charge < -0.3 is 10.1 Å². The maximum atomic E-state index is 13.6. The van der Waals surface area contributed by atoms with Crippen LogP contribution in [0.25, 0.3) is 0 Å². The molecule has 0 saturated carbocycles. The molecule has 2 nitrogen and oxygen atoms in total. The van der Waals surface area contributed by atoms with Crippen LogP contribution in [-0.2, 0) is 6.42 Å². The lowest BCUT2D eigenvalue weighted by Crippen LogP contribution is -2.21. The van der Waals surface area contributed by atoms with Gasteiger partial charge in [-0.25, -0.2) is 4.39 Å². The Morgan fingerprint density at radius 3 is 2.84 bits per heavy atom. The SMILES string of the molecule is COc1ccc(C(C)NCCc2cccs2)cc1F. The molecule has 0 aliphatic carbocycles. The van der Waals surface area contributed by atoms with Crippen LogP contribution in [0.1, 0.15) is 23.4 Å². The first-order valence-electron chi connectivity index (χ1n) is 6.30. The highest BCUT2D eigenvalue weighted by molar-refractivity contribution is 7.09. The number of nitrogens with one attached hydrogen (secondary N) is 1. The second-order valence-electron chi connectivity index (χ2n) is 4.40. The van der Waals surface area contributed by atoms with Crippen molar-refractivity contribution in [2.45, 2.75) is 19.4 Å². The van der Waals surface area contributed by atoms with Crippen molar-refractivity contribution < 1.29 is 9.13 Å². The topological polar surface area (TPSA) is 21.3 Å². The van der Waals surface area contributed by atoms with E-state index in [9.17, 15) is 4.39 Å². The lowest BCUT2D eigenvalue weighted by molar-refractivity contribution is 0.385. The Hall–Kier alpha value is -1.39. The minimum absolute atomic E-state index is 0.125. The highest BCUT2D eigenvalue weighted by Crippen LogP contribution is 2.21. The molecule has 2 aromatic rings. The minimum atomic E-state index is -0.313. The summed E-state index contributed by atoms with van der Waals surface area (Å²) in [5.41, 5.74) is 0.935. The summed E-state index contributed by atoms with van der Waals surface area (Å²) in [5.74, 6) is -0.0264. The van der Waals surface area contributed by atoms with Crippen LogP contribution in [0.5, 0.6) is 5.75 Å². The lowest BCUT2D eigenvalue weighted by Gasteiger charge is -2.14. The zero-order valence-corrected chi connectivity index (χ0v) is 12.0. The van der Waals surface area contributed by atoms with Gasteiger partial charge in [0.2, 0.25) is 0 Å². The highest BCUT2D eigenvalue weighted by atomic mass is 32.1. The molecule has 0 radical (unpaired) electrons. The van der Waals surface area contributed by atoms with Gasteiger partial charge in [-0.3, -0.25) is 0 Å². The molecule has 0 aliphatic rings. The molecule has 0 amide bonds. The number of benzene rings is 1. The Morgan fingerprint density at radius 1 is 1.37 bits per heavy atom. The van der Waals surface area contributed by atoms with Crippen LogP contribution in [0.2, 0.25) is 0 Å². The van der Waals surface area contributed by atoms with Crippen LogP contribution in [0, 0.1) is 5.82 Å². The van der Waals surface area contributed by atoms with Gasteiger partial charge in [-0.2, -0.15) is 0 Å². The molecule has 1 N–H and O–H groups in total. The van der Waals surface area contributed by atoms with Crippen LogP contribution in [-0.4, -0.2) is 13.7 Å². The van der Waals surface area contributed by atoms with Crippen LogP contribution < -0.4 is 10.1 Å². The van der Waals surface area contributed by atoms with Crippen molar-refractivity contribution in [2.24, 2.45) is 0 Å². The summed E-state index contributed by atoms with van der Waals surface area (Å²) >= 11 is 1.76. The molecule has 1 unspecified atom stereocenters. The maximum Gasteiger partial charge on any atom is 0.165 e. The van der Waals surface area contributed by atoms with E-state index in [-0.39, 0.29) is 17.6 Å². The third-order valence-electron chi connectivity index (χ3n) is 3.08. The van der Waals surface area contributed by atoms with E-state index >= 15 is 0 Å². The molecule has 102 valence electrons. The Balaban J connectivity index is 1.88. The normalized spacial score (nSPS) is 12.4. The molecule has 1 aromatic heterocycles. The quantitative estimate of drug-likeness (QED) is 0.868. The largest absolute Gasteiger partial charge is 0.494 e. The Bertz CT molecular complexity index is 513. The zero-order valence-electron chi connectivity index (χ0n) is 11.2. The van der Waals surface area contributed by atoms with Crippen molar-refractivity contribution in [3.63, 3.8) is 0 Å². The van der Waals surface area contributed by atoms with Crippen LogP contribution >= 0.6 is 11.3 Å². The smallest absolute Gasteiger partial charge is 0.165 e. The molecule has 0 aliphatic heterocycles.